The van der Waals surface area contributed by atoms with Crippen molar-refractivity contribution in [1.29, 1.82) is 0 Å². The molecule has 5 aromatic rings. The third kappa shape index (κ3) is 3.36. The van der Waals surface area contributed by atoms with Crippen LogP contribution in [-0.2, 0) is 6.61 Å². The van der Waals surface area contributed by atoms with Gasteiger partial charge in [-0.3, -0.25) is 0 Å². The van der Waals surface area contributed by atoms with Gasteiger partial charge in [-0.25, -0.2) is 14.5 Å². The van der Waals surface area contributed by atoms with Crippen LogP contribution in [0.4, 0.5) is 0 Å². The van der Waals surface area contributed by atoms with E-state index in [0.29, 0.717) is 12.4 Å². The SMILES string of the molecule is COc1cccc(OCc2cccc(-c3nc4c5ccccc5ncn4n3)c2)c1. The van der Waals surface area contributed by atoms with E-state index in [1.165, 1.54) is 0 Å². The molecule has 0 fully saturated rings. The molecule has 2 heterocycles. The van der Waals surface area contributed by atoms with Crippen LogP contribution in [0.3, 0.4) is 0 Å². The fourth-order valence-corrected chi connectivity index (χ4v) is 3.26. The molecular formula is C23H18N4O2. The number of fused-ring (bicyclic) bond motifs is 3. The summed E-state index contributed by atoms with van der Waals surface area (Å²) in [4.78, 5) is 9.19. The summed E-state index contributed by atoms with van der Waals surface area (Å²) in [5.41, 5.74) is 3.67. The summed E-state index contributed by atoms with van der Waals surface area (Å²) in [5, 5.41) is 5.58. The summed E-state index contributed by atoms with van der Waals surface area (Å²) >= 11 is 0. The van der Waals surface area contributed by atoms with Gasteiger partial charge in [0.15, 0.2) is 11.5 Å². The molecule has 0 unspecified atom stereocenters. The summed E-state index contributed by atoms with van der Waals surface area (Å²) in [6.07, 6.45) is 1.70. The fourth-order valence-electron chi connectivity index (χ4n) is 3.26. The Morgan fingerprint density at radius 3 is 2.69 bits per heavy atom. The lowest BCUT2D eigenvalue weighted by Crippen LogP contribution is -1.96. The lowest BCUT2D eigenvalue weighted by Gasteiger charge is -2.08. The van der Waals surface area contributed by atoms with E-state index < -0.39 is 0 Å². The molecule has 3 aromatic carbocycles. The van der Waals surface area contributed by atoms with Crippen molar-refractivity contribution in [3.05, 3.63) is 84.7 Å². The Morgan fingerprint density at radius 1 is 0.897 bits per heavy atom. The second-order valence-electron chi connectivity index (χ2n) is 6.63. The first-order chi connectivity index (χ1) is 14.3. The molecule has 0 saturated heterocycles. The van der Waals surface area contributed by atoms with Gasteiger partial charge in [-0.15, -0.1) is 5.10 Å². The number of methoxy groups -OCH3 is 1. The van der Waals surface area contributed by atoms with Gasteiger partial charge in [-0.2, -0.15) is 0 Å². The van der Waals surface area contributed by atoms with E-state index in [9.17, 15) is 0 Å². The zero-order valence-corrected chi connectivity index (χ0v) is 15.8. The molecule has 0 atom stereocenters. The van der Waals surface area contributed by atoms with Crippen LogP contribution < -0.4 is 9.47 Å². The van der Waals surface area contributed by atoms with Crippen LogP contribution in [0.1, 0.15) is 5.56 Å². The van der Waals surface area contributed by atoms with Crippen molar-refractivity contribution in [2.45, 2.75) is 6.61 Å². The van der Waals surface area contributed by atoms with E-state index in [1.807, 2.05) is 72.8 Å². The Balaban J connectivity index is 1.44. The van der Waals surface area contributed by atoms with Gasteiger partial charge in [0.2, 0.25) is 0 Å². The van der Waals surface area contributed by atoms with Crippen molar-refractivity contribution in [3.63, 3.8) is 0 Å². The first kappa shape index (κ1) is 17.2. The van der Waals surface area contributed by atoms with Gasteiger partial charge in [0.05, 0.1) is 12.6 Å². The van der Waals surface area contributed by atoms with Crippen LogP contribution in [0.25, 0.3) is 27.9 Å². The van der Waals surface area contributed by atoms with Crippen molar-refractivity contribution in [2.75, 3.05) is 7.11 Å². The third-order valence-corrected chi connectivity index (χ3v) is 4.71. The molecule has 0 aliphatic carbocycles. The lowest BCUT2D eigenvalue weighted by atomic mass is 10.1. The van der Waals surface area contributed by atoms with Crippen molar-refractivity contribution in [2.24, 2.45) is 0 Å². The quantitative estimate of drug-likeness (QED) is 0.447. The number of hydrogen-bond acceptors (Lipinski definition) is 5. The van der Waals surface area contributed by atoms with Crippen LogP contribution in [0.15, 0.2) is 79.1 Å². The number of aromatic nitrogens is 4. The molecule has 0 radical (unpaired) electrons. The maximum Gasteiger partial charge on any atom is 0.182 e. The molecule has 0 N–H and O–H groups in total. The highest BCUT2D eigenvalue weighted by molar-refractivity contribution is 5.91. The molecule has 29 heavy (non-hydrogen) atoms. The average Bonchev–Trinajstić information content (AvgIpc) is 3.23. The van der Waals surface area contributed by atoms with Crippen molar-refractivity contribution >= 4 is 16.6 Å². The first-order valence-corrected chi connectivity index (χ1v) is 9.26. The minimum Gasteiger partial charge on any atom is -0.497 e. The Morgan fingerprint density at radius 2 is 1.76 bits per heavy atom. The third-order valence-electron chi connectivity index (χ3n) is 4.71. The standard InChI is InChI=1S/C23H18N4O2/c1-28-18-8-5-9-19(13-18)29-14-16-6-4-7-17(12-16)22-25-23-20-10-2-3-11-21(20)24-15-27(23)26-22/h2-13,15H,14H2,1H3. The number of para-hydroxylation sites is 1. The van der Waals surface area contributed by atoms with Gasteiger partial charge >= 0.3 is 0 Å². The highest BCUT2D eigenvalue weighted by Crippen LogP contribution is 2.23. The van der Waals surface area contributed by atoms with E-state index in [2.05, 4.69) is 10.1 Å². The highest BCUT2D eigenvalue weighted by atomic mass is 16.5. The summed E-state index contributed by atoms with van der Waals surface area (Å²) in [7, 11) is 1.64. The summed E-state index contributed by atoms with van der Waals surface area (Å²) in [6, 6.07) is 23.6. The molecule has 6 nitrogen and oxygen atoms in total. The molecule has 0 spiro atoms. The average molecular weight is 382 g/mol. The van der Waals surface area contributed by atoms with Gasteiger partial charge in [0.1, 0.15) is 24.4 Å². The van der Waals surface area contributed by atoms with Gasteiger partial charge in [-0.05, 0) is 35.9 Å². The molecule has 0 aliphatic rings. The number of hydrogen-bond donors (Lipinski definition) is 0. The highest BCUT2D eigenvalue weighted by Gasteiger charge is 2.10. The number of benzene rings is 3. The van der Waals surface area contributed by atoms with Crippen LogP contribution in [0.5, 0.6) is 11.5 Å². The normalized spacial score (nSPS) is 11.1. The molecule has 2 aromatic heterocycles. The predicted octanol–water partition coefficient (Wildman–Crippen LogP) is 4.53. The molecule has 142 valence electrons. The predicted molar refractivity (Wildman–Crippen MR) is 111 cm³/mol. The minimum atomic E-state index is 0.443. The molecule has 0 aliphatic heterocycles. The van der Waals surface area contributed by atoms with Gasteiger partial charge in [0, 0.05) is 17.0 Å². The summed E-state index contributed by atoms with van der Waals surface area (Å²) in [6.45, 7) is 0.443. The van der Waals surface area contributed by atoms with E-state index in [0.717, 1.165) is 39.2 Å². The number of nitrogens with zero attached hydrogens (tertiary/aromatic N) is 4. The number of ether oxygens (including phenoxy) is 2. The van der Waals surface area contributed by atoms with E-state index in [1.54, 1.807) is 18.0 Å². The molecule has 6 heteroatoms. The van der Waals surface area contributed by atoms with Crippen LogP contribution in [0.2, 0.25) is 0 Å². The molecule has 0 bridgehead atoms. The van der Waals surface area contributed by atoms with Gasteiger partial charge < -0.3 is 9.47 Å². The van der Waals surface area contributed by atoms with Crippen LogP contribution in [-0.4, -0.2) is 26.7 Å². The van der Waals surface area contributed by atoms with Gasteiger partial charge in [0.25, 0.3) is 0 Å². The van der Waals surface area contributed by atoms with E-state index in [4.69, 9.17) is 14.5 Å². The Labute approximate surface area is 167 Å². The second-order valence-corrected chi connectivity index (χ2v) is 6.63. The van der Waals surface area contributed by atoms with Crippen LogP contribution in [0, 0.1) is 0 Å². The maximum absolute atomic E-state index is 5.91. The number of rotatable bonds is 5. The smallest absolute Gasteiger partial charge is 0.182 e. The largest absolute Gasteiger partial charge is 0.497 e. The Hall–Kier alpha value is -3.93. The topological polar surface area (TPSA) is 61.5 Å². The zero-order chi connectivity index (χ0) is 19.6. The Kier molecular flexibility index (Phi) is 4.29. The van der Waals surface area contributed by atoms with E-state index >= 15 is 0 Å². The van der Waals surface area contributed by atoms with Crippen molar-refractivity contribution in [1.82, 2.24) is 19.6 Å². The lowest BCUT2D eigenvalue weighted by molar-refractivity contribution is 0.303. The van der Waals surface area contributed by atoms with Crippen molar-refractivity contribution in [3.8, 4) is 22.9 Å². The monoisotopic (exact) mass is 382 g/mol. The summed E-state index contributed by atoms with van der Waals surface area (Å²) < 4.78 is 12.9. The van der Waals surface area contributed by atoms with Crippen molar-refractivity contribution < 1.29 is 9.47 Å². The summed E-state index contributed by atoms with van der Waals surface area (Å²) in [5.74, 6) is 2.19. The molecular weight excluding hydrogens is 364 g/mol. The Bertz CT molecular complexity index is 1310. The molecule has 0 saturated carbocycles. The minimum absolute atomic E-state index is 0.443. The second kappa shape index (κ2) is 7.24. The first-order valence-electron chi connectivity index (χ1n) is 9.26. The zero-order valence-electron chi connectivity index (χ0n) is 15.8. The molecule has 0 amide bonds. The molecule has 5 rings (SSSR count). The van der Waals surface area contributed by atoms with Gasteiger partial charge in [-0.1, -0.05) is 36.4 Å². The van der Waals surface area contributed by atoms with E-state index in [-0.39, 0.29) is 0 Å². The maximum atomic E-state index is 5.91. The van der Waals surface area contributed by atoms with Crippen LogP contribution >= 0.6 is 0 Å². The fraction of sp³-hybridized carbons (Fsp3) is 0.0870.